The van der Waals surface area contributed by atoms with Gasteiger partial charge in [0.15, 0.2) is 0 Å². The lowest BCUT2D eigenvalue weighted by molar-refractivity contribution is -0.120. The molecule has 0 saturated carbocycles. The molecule has 0 radical (unpaired) electrons. The first-order valence-corrected chi connectivity index (χ1v) is 11.3. The minimum atomic E-state index is -0.923. The largest absolute Gasteiger partial charge is 0.376 e. The Morgan fingerprint density at radius 1 is 0.971 bits per heavy atom. The molecule has 0 aliphatic carbocycles. The molecule has 1 atom stereocenters. The summed E-state index contributed by atoms with van der Waals surface area (Å²) < 4.78 is 33.4. The van der Waals surface area contributed by atoms with Gasteiger partial charge in [-0.2, -0.15) is 0 Å². The average Bonchev–Trinajstić information content (AvgIpc) is 3.35. The van der Waals surface area contributed by atoms with Crippen molar-refractivity contribution in [1.82, 2.24) is 5.32 Å². The SMILES string of the molecule is O=C(Cc1cccc(N(Cc2ccccc2)C(=O)c2ccc(F)cc2F)c1)NC[C@@H]1CCCO1. The predicted molar refractivity (Wildman–Crippen MR) is 125 cm³/mol. The van der Waals surface area contributed by atoms with Crippen molar-refractivity contribution in [3.05, 3.63) is 101 Å². The molecule has 3 aromatic carbocycles. The fourth-order valence-electron chi connectivity index (χ4n) is 3.97. The van der Waals surface area contributed by atoms with E-state index in [9.17, 15) is 18.4 Å². The normalized spacial score (nSPS) is 15.2. The summed E-state index contributed by atoms with van der Waals surface area (Å²) in [6.45, 7) is 1.38. The molecule has 0 aromatic heterocycles. The van der Waals surface area contributed by atoms with Gasteiger partial charge in [0.25, 0.3) is 5.91 Å². The van der Waals surface area contributed by atoms with Crippen LogP contribution in [0, 0.1) is 11.6 Å². The fourth-order valence-corrected chi connectivity index (χ4v) is 3.97. The first-order chi connectivity index (χ1) is 16.5. The van der Waals surface area contributed by atoms with Gasteiger partial charge in [0.05, 0.1) is 24.6 Å². The van der Waals surface area contributed by atoms with Crippen molar-refractivity contribution < 1.29 is 23.1 Å². The summed E-state index contributed by atoms with van der Waals surface area (Å²) in [7, 11) is 0. The number of rotatable bonds is 8. The topological polar surface area (TPSA) is 58.6 Å². The highest BCUT2D eigenvalue weighted by atomic mass is 19.1. The second kappa shape index (κ2) is 11.0. The molecular weight excluding hydrogens is 438 g/mol. The second-order valence-corrected chi connectivity index (χ2v) is 8.29. The molecule has 34 heavy (non-hydrogen) atoms. The van der Waals surface area contributed by atoms with Crippen LogP contribution in [0.25, 0.3) is 0 Å². The molecule has 7 heteroatoms. The Morgan fingerprint density at radius 2 is 1.76 bits per heavy atom. The van der Waals surface area contributed by atoms with Crippen LogP contribution in [0.5, 0.6) is 0 Å². The number of hydrogen-bond acceptors (Lipinski definition) is 3. The lowest BCUT2D eigenvalue weighted by atomic mass is 10.1. The maximum absolute atomic E-state index is 14.4. The first-order valence-electron chi connectivity index (χ1n) is 11.3. The summed E-state index contributed by atoms with van der Waals surface area (Å²) in [4.78, 5) is 27.2. The summed E-state index contributed by atoms with van der Waals surface area (Å²) in [6, 6.07) is 19.2. The Bertz CT molecular complexity index is 1150. The van der Waals surface area contributed by atoms with E-state index in [0.717, 1.165) is 37.1 Å². The standard InChI is InChI=1S/C27H26F2N2O3/c28-21-11-12-24(25(29)16-21)27(33)31(18-19-6-2-1-3-7-19)22-9-4-8-20(14-22)15-26(32)30-17-23-10-5-13-34-23/h1-4,6-9,11-12,14,16,23H,5,10,13,15,17-18H2,(H,30,32)/t23-/m0/s1. The zero-order valence-electron chi connectivity index (χ0n) is 18.7. The number of ether oxygens (including phenoxy) is 1. The maximum Gasteiger partial charge on any atom is 0.261 e. The van der Waals surface area contributed by atoms with E-state index < -0.39 is 17.5 Å². The minimum Gasteiger partial charge on any atom is -0.376 e. The first kappa shape index (κ1) is 23.6. The Kier molecular flexibility index (Phi) is 7.65. The highest BCUT2D eigenvalue weighted by Crippen LogP contribution is 2.23. The minimum absolute atomic E-state index is 0.0554. The highest BCUT2D eigenvalue weighted by molar-refractivity contribution is 6.06. The van der Waals surface area contributed by atoms with Crippen molar-refractivity contribution in [2.75, 3.05) is 18.1 Å². The Labute approximate surface area is 197 Å². The molecule has 2 amide bonds. The summed E-state index contributed by atoms with van der Waals surface area (Å²) in [5, 5.41) is 2.89. The van der Waals surface area contributed by atoms with Crippen molar-refractivity contribution in [1.29, 1.82) is 0 Å². The number of carbonyl (C=O) groups is 2. The zero-order chi connectivity index (χ0) is 23.9. The van der Waals surface area contributed by atoms with Gasteiger partial charge in [-0.15, -0.1) is 0 Å². The van der Waals surface area contributed by atoms with E-state index in [4.69, 9.17) is 4.74 Å². The van der Waals surface area contributed by atoms with E-state index in [1.54, 1.807) is 24.3 Å². The van der Waals surface area contributed by atoms with Gasteiger partial charge in [0.1, 0.15) is 11.6 Å². The number of carbonyl (C=O) groups excluding carboxylic acids is 2. The second-order valence-electron chi connectivity index (χ2n) is 8.29. The number of nitrogens with one attached hydrogen (secondary N) is 1. The van der Waals surface area contributed by atoms with E-state index in [-0.39, 0.29) is 30.5 Å². The molecule has 1 aliphatic rings. The average molecular weight is 465 g/mol. The fraction of sp³-hybridized carbons (Fsp3) is 0.259. The van der Waals surface area contributed by atoms with Gasteiger partial charge < -0.3 is 15.0 Å². The van der Waals surface area contributed by atoms with Crippen LogP contribution in [0.2, 0.25) is 0 Å². The van der Waals surface area contributed by atoms with Gasteiger partial charge in [-0.25, -0.2) is 8.78 Å². The third kappa shape index (κ3) is 6.05. The third-order valence-electron chi connectivity index (χ3n) is 5.73. The van der Waals surface area contributed by atoms with Gasteiger partial charge >= 0.3 is 0 Å². The van der Waals surface area contributed by atoms with Crippen molar-refractivity contribution >= 4 is 17.5 Å². The molecule has 1 saturated heterocycles. The van der Waals surface area contributed by atoms with Crippen LogP contribution in [-0.4, -0.2) is 31.1 Å². The summed E-state index contributed by atoms with van der Waals surface area (Å²) >= 11 is 0. The molecule has 176 valence electrons. The number of amides is 2. The van der Waals surface area contributed by atoms with E-state index in [1.807, 2.05) is 30.3 Å². The van der Waals surface area contributed by atoms with Crippen molar-refractivity contribution in [2.24, 2.45) is 0 Å². The van der Waals surface area contributed by atoms with Crippen LogP contribution >= 0.6 is 0 Å². The van der Waals surface area contributed by atoms with E-state index >= 15 is 0 Å². The predicted octanol–water partition coefficient (Wildman–Crippen LogP) is 4.65. The summed E-state index contributed by atoms with van der Waals surface area (Å²) in [5.41, 5.74) is 1.85. The van der Waals surface area contributed by atoms with E-state index in [0.29, 0.717) is 23.9 Å². The van der Waals surface area contributed by atoms with Crippen LogP contribution in [0.4, 0.5) is 14.5 Å². The van der Waals surface area contributed by atoms with Gasteiger partial charge in [0, 0.05) is 24.9 Å². The molecule has 0 spiro atoms. The van der Waals surface area contributed by atoms with Crippen LogP contribution in [0.1, 0.15) is 34.3 Å². The van der Waals surface area contributed by atoms with Crippen LogP contribution in [-0.2, 0) is 22.5 Å². The van der Waals surface area contributed by atoms with Crippen molar-refractivity contribution in [3.8, 4) is 0 Å². The van der Waals surface area contributed by atoms with Gasteiger partial charge in [0.2, 0.25) is 5.91 Å². The highest BCUT2D eigenvalue weighted by Gasteiger charge is 2.22. The molecule has 1 heterocycles. The van der Waals surface area contributed by atoms with Crippen LogP contribution in [0.3, 0.4) is 0 Å². The monoisotopic (exact) mass is 464 g/mol. The number of nitrogens with zero attached hydrogens (tertiary/aromatic N) is 1. The molecule has 0 bridgehead atoms. The Morgan fingerprint density at radius 3 is 2.50 bits per heavy atom. The van der Waals surface area contributed by atoms with Gasteiger partial charge in [-0.05, 0) is 48.2 Å². The molecule has 3 aromatic rings. The smallest absolute Gasteiger partial charge is 0.261 e. The molecule has 1 N–H and O–H groups in total. The number of benzene rings is 3. The summed E-state index contributed by atoms with van der Waals surface area (Å²) in [5.74, 6) is -2.41. The lowest BCUT2D eigenvalue weighted by Crippen LogP contribution is -2.33. The summed E-state index contributed by atoms with van der Waals surface area (Å²) in [6.07, 6.45) is 2.13. The van der Waals surface area contributed by atoms with Crippen LogP contribution in [0.15, 0.2) is 72.8 Å². The Balaban J connectivity index is 1.55. The number of halogens is 2. The van der Waals surface area contributed by atoms with Crippen molar-refractivity contribution in [3.63, 3.8) is 0 Å². The molecule has 1 aliphatic heterocycles. The molecule has 1 fully saturated rings. The van der Waals surface area contributed by atoms with Gasteiger partial charge in [-0.3, -0.25) is 9.59 Å². The van der Waals surface area contributed by atoms with Crippen molar-refractivity contribution in [2.45, 2.75) is 31.9 Å². The Hall–Kier alpha value is -3.58. The number of anilines is 1. The van der Waals surface area contributed by atoms with E-state index in [2.05, 4.69) is 5.32 Å². The molecule has 4 rings (SSSR count). The quantitative estimate of drug-likeness (QED) is 0.528. The maximum atomic E-state index is 14.4. The zero-order valence-corrected chi connectivity index (χ0v) is 18.7. The molecule has 5 nitrogen and oxygen atoms in total. The third-order valence-corrected chi connectivity index (χ3v) is 5.73. The van der Waals surface area contributed by atoms with Crippen LogP contribution < -0.4 is 10.2 Å². The van der Waals surface area contributed by atoms with Gasteiger partial charge in [-0.1, -0.05) is 42.5 Å². The molecule has 0 unspecified atom stereocenters. The van der Waals surface area contributed by atoms with E-state index in [1.165, 1.54) is 4.90 Å². The number of hydrogen-bond donors (Lipinski definition) is 1. The molecular formula is C27H26F2N2O3. The lowest BCUT2D eigenvalue weighted by Gasteiger charge is -2.24.